The number of benzene rings is 2. The predicted octanol–water partition coefficient (Wildman–Crippen LogP) is 3.12. The molecule has 1 heterocycles. The second-order valence-corrected chi connectivity index (χ2v) is 4.02. The van der Waals surface area contributed by atoms with Crippen LogP contribution in [0.1, 0.15) is 0 Å². The van der Waals surface area contributed by atoms with Crippen LogP contribution in [-0.4, -0.2) is 10.1 Å². The smallest absolute Gasteiger partial charge is 0.258 e. The summed E-state index contributed by atoms with van der Waals surface area (Å²) in [6, 6.07) is 13.2. The number of nitrogen functional groups attached to an aromatic ring is 1. The van der Waals surface area contributed by atoms with Crippen molar-refractivity contribution in [3.05, 3.63) is 54.3 Å². The number of hydrogen-bond donors (Lipinski definition) is 1. The molecule has 0 saturated heterocycles. The van der Waals surface area contributed by atoms with Gasteiger partial charge in [0.1, 0.15) is 5.82 Å². The Hall–Kier alpha value is -2.69. The SMILES string of the molecule is Nc1ccccc1-c1noc(-c2cccc(F)c2)n1. The summed E-state index contributed by atoms with van der Waals surface area (Å²) in [5.41, 5.74) is 7.63. The van der Waals surface area contributed by atoms with Gasteiger partial charge in [0.15, 0.2) is 0 Å². The Morgan fingerprint density at radius 2 is 1.89 bits per heavy atom. The van der Waals surface area contributed by atoms with Crippen LogP contribution < -0.4 is 5.73 Å². The van der Waals surface area contributed by atoms with E-state index in [0.29, 0.717) is 22.6 Å². The van der Waals surface area contributed by atoms with Crippen LogP contribution in [0.4, 0.5) is 10.1 Å². The first-order valence-corrected chi connectivity index (χ1v) is 5.68. The molecule has 4 nitrogen and oxygen atoms in total. The Bertz CT molecular complexity index is 724. The lowest BCUT2D eigenvalue weighted by molar-refractivity contribution is 0.432. The summed E-state index contributed by atoms with van der Waals surface area (Å²) in [5, 5.41) is 3.86. The molecule has 0 spiro atoms. The van der Waals surface area contributed by atoms with Crippen LogP contribution in [-0.2, 0) is 0 Å². The van der Waals surface area contributed by atoms with Crippen LogP contribution in [0.25, 0.3) is 22.8 Å². The van der Waals surface area contributed by atoms with Crippen molar-refractivity contribution in [2.45, 2.75) is 0 Å². The number of nitrogens with two attached hydrogens (primary N) is 1. The van der Waals surface area contributed by atoms with Crippen molar-refractivity contribution >= 4 is 5.69 Å². The first-order chi connectivity index (χ1) is 9.24. The Morgan fingerprint density at radius 3 is 2.68 bits per heavy atom. The topological polar surface area (TPSA) is 64.9 Å². The Morgan fingerprint density at radius 1 is 1.05 bits per heavy atom. The highest BCUT2D eigenvalue weighted by atomic mass is 19.1. The number of rotatable bonds is 2. The molecule has 3 aromatic rings. The number of anilines is 1. The summed E-state index contributed by atoms with van der Waals surface area (Å²) in [6.07, 6.45) is 0. The average Bonchev–Trinajstić information content (AvgIpc) is 2.89. The highest BCUT2D eigenvalue weighted by Gasteiger charge is 2.12. The van der Waals surface area contributed by atoms with E-state index in [2.05, 4.69) is 10.1 Å². The summed E-state index contributed by atoms with van der Waals surface area (Å²) >= 11 is 0. The van der Waals surface area contributed by atoms with E-state index in [1.807, 2.05) is 12.1 Å². The zero-order valence-corrected chi connectivity index (χ0v) is 9.88. The van der Waals surface area contributed by atoms with Gasteiger partial charge in [-0.05, 0) is 30.3 Å². The van der Waals surface area contributed by atoms with Crippen molar-refractivity contribution in [2.24, 2.45) is 0 Å². The fraction of sp³-hybridized carbons (Fsp3) is 0. The van der Waals surface area contributed by atoms with Gasteiger partial charge in [-0.1, -0.05) is 23.4 Å². The van der Waals surface area contributed by atoms with Crippen LogP contribution in [0.3, 0.4) is 0 Å². The van der Waals surface area contributed by atoms with Crippen molar-refractivity contribution < 1.29 is 8.91 Å². The maximum Gasteiger partial charge on any atom is 0.258 e. The van der Waals surface area contributed by atoms with Crippen molar-refractivity contribution in [2.75, 3.05) is 5.73 Å². The van der Waals surface area contributed by atoms with E-state index in [1.165, 1.54) is 12.1 Å². The molecule has 0 aliphatic heterocycles. The minimum absolute atomic E-state index is 0.262. The third-order valence-electron chi connectivity index (χ3n) is 2.70. The van der Waals surface area contributed by atoms with Gasteiger partial charge in [-0.25, -0.2) is 4.39 Å². The van der Waals surface area contributed by atoms with Gasteiger partial charge in [0.25, 0.3) is 5.89 Å². The Labute approximate surface area is 108 Å². The molecule has 19 heavy (non-hydrogen) atoms. The van der Waals surface area contributed by atoms with E-state index in [-0.39, 0.29) is 11.7 Å². The van der Waals surface area contributed by atoms with E-state index in [4.69, 9.17) is 10.3 Å². The maximum atomic E-state index is 13.1. The van der Waals surface area contributed by atoms with E-state index in [9.17, 15) is 4.39 Å². The van der Waals surface area contributed by atoms with Gasteiger partial charge in [0, 0.05) is 16.8 Å². The molecule has 1 aromatic heterocycles. The van der Waals surface area contributed by atoms with Crippen LogP contribution in [0.2, 0.25) is 0 Å². The number of para-hydroxylation sites is 1. The number of nitrogens with zero attached hydrogens (tertiary/aromatic N) is 2. The van der Waals surface area contributed by atoms with Gasteiger partial charge in [-0.3, -0.25) is 0 Å². The highest BCUT2D eigenvalue weighted by molar-refractivity contribution is 5.71. The first-order valence-electron chi connectivity index (χ1n) is 5.68. The molecule has 5 heteroatoms. The molecule has 0 aliphatic carbocycles. The first kappa shape index (κ1) is 11.4. The molecule has 0 amide bonds. The summed E-state index contributed by atoms with van der Waals surface area (Å²) in [4.78, 5) is 4.23. The standard InChI is InChI=1S/C14H10FN3O/c15-10-5-3-4-9(8-10)14-17-13(18-19-14)11-6-1-2-7-12(11)16/h1-8H,16H2. The normalized spacial score (nSPS) is 10.6. The van der Waals surface area contributed by atoms with E-state index in [0.717, 1.165) is 0 Å². The molecule has 0 bridgehead atoms. The van der Waals surface area contributed by atoms with E-state index in [1.54, 1.807) is 24.3 Å². The van der Waals surface area contributed by atoms with Crippen LogP contribution in [0.5, 0.6) is 0 Å². The molecule has 2 N–H and O–H groups in total. The lowest BCUT2D eigenvalue weighted by Crippen LogP contribution is -1.90. The molecule has 0 unspecified atom stereocenters. The summed E-state index contributed by atoms with van der Waals surface area (Å²) in [7, 11) is 0. The van der Waals surface area contributed by atoms with E-state index >= 15 is 0 Å². The van der Waals surface area contributed by atoms with E-state index < -0.39 is 0 Å². The maximum absolute atomic E-state index is 13.1. The Balaban J connectivity index is 2.03. The van der Waals surface area contributed by atoms with Crippen molar-refractivity contribution in [1.29, 1.82) is 0 Å². The monoisotopic (exact) mass is 255 g/mol. The number of hydrogen-bond acceptors (Lipinski definition) is 4. The zero-order valence-electron chi connectivity index (χ0n) is 9.88. The second-order valence-electron chi connectivity index (χ2n) is 4.02. The van der Waals surface area contributed by atoms with Gasteiger partial charge in [-0.2, -0.15) is 4.98 Å². The fourth-order valence-corrected chi connectivity index (χ4v) is 1.77. The quantitative estimate of drug-likeness (QED) is 0.714. The predicted molar refractivity (Wildman–Crippen MR) is 69.5 cm³/mol. The van der Waals surface area contributed by atoms with Gasteiger partial charge in [0.05, 0.1) is 0 Å². The summed E-state index contributed by atoms with van der Waals surface area (Å²) < 4.78 is 18.3. The molecule has 0 saturated carbocycles. The summed E-state index contributed by atoms with van der Waals surface area (Å²) in [5.74, 6) is 0.298. The van der Waals surface area contributed by atoms with Gasteiger partial charge < -0.3 is 10.3 Å². The van der Waals surface area contributed by atoms with Crippen LogP contribution >= 0.6 is 0 Å². The Kier molecular flexibility index (Phi) is 2.72. The van der Waals surface area contributed by atoms with Crippen molar-refractivity contribution in [1.82, 2.24) is 10.1 Å². The fourth-order valence-electron chi connectivity index (χ4n) is 1.77. The van der Waals surface area contributed by atoms with Crippen molar-refractivity contribution in [3.63, 3.8) is 0 Å². The highest BCUT2D eigenvalue weighted by Crippen LogP contribution is 2.26. The lowest BCUT2D eigenvalue weighted by atomic mass is 10.1. The third-order valence-corrected chi connectivity index (χ3v) is 2.70. The van der Waals surface area contributed by atoms with Gasteiger partial charge >= 0.3 is 0 Å². The molecule has 0 fully saturated rings. The molecule has 94 valence electrons. The minimum Gasteiger partial charge on any atom is -0.398 e. The number of halogens is 1. The molecular formula is C14H10FN3O. The number of aromatic nitrogens is 2. The van der Waals surface area contributed by atoms with Gasteiger partial charge in [0.2, 0.25) is 5.82 Å². The second kappa shape index (κ2) is 4.53. The van der Waals surface area contributed by atoms with Crippen LogP contribution in [0, 0.1) is 5.82 Å². The zero-order chi connectivity index (χ0) is 13.2. The van der Waals surface area contributed by atoms with Gasteiger partial charge in [-0.15, -0.1) is 0 Å². The summed E-state index contributed by atoms with van der Waals surface area (Å²) in [6.45, 7) is 0. The molecular weight excluding hydrogens is 245 g/mol. The van der Waals surface area contributed by atoms with Crippen molar-refractivity contribution in [3.8, 4) is 22.8 Å². The molecule has 0 radical (unpaired) electrons. The third kappa shape index (κ3) is 2.18. The van der Waals surface area contributed by atoms with Crippen LogP contribution in [0.15, 0.2) is 53.1 Å². The largest absolute Gasteiger partial charge is 0.398 e. The minimum atomic E-state index is -0.350. The molecule has 3 rings (SSSR count). The lowest BCUT2D eigenvalue weighted by Gasteiger charge is -1.98. The molecule has 0 atom stereocenters. The molecule has 2 aromatic carbocycles. The average molecular weight is 255 g/mol. The molecule has 0 aliphatic rings.